The summed E-state index contributed by atoms with van der Waals surface area (Å²) < 4.78 is 0. The third-order valence-corrected chi connectivity index (χ3v) is 2.37. The van der Waals surface area contributed by atoms with Gasteiger partial charge in [0.05, 0.1) is 0 Å². The lowest BCUT2D eigenvalue weighted by atomic mass is 10.5. The quantitative estimate of drug-likeness (QED) is 0.509. The van der Waals surface area contributed by atoms with E-state index in [4.69, 9.17) is 11.6 Å². The third-order valence-electron chi connectivity index (χ3n) is 0.974. The van der Waals surface area contributed by atoms with Crippen molar-refractivity contribution in [2.45, 2.75) is 6.42 Å². The number of hydrogen-bond acceptors (Lipinski definition) is 2. The summed E-state index contributed by atoms with van der Waals surface area (Å²) in [6.45, 7) is 0. The monoisotopic (exact) mass is 181 g/mol. The molecule has 0 saturated heterocycles. The summed E-state index contributed by atoms with van der Waals surface area (Å²) in [5.41, 5.74) is 0. The van der Waals surface area contributed by atoms with Gasteiger partial charge in [-0.2, -0.15) is 11.8 Å². The Morgan fingerprint density at radius 2 is 2.30 bits per heavy atom. The van der Waals surface area contributed by atoms with Crippen molar-refractivity contribution in [3.63, 3.8) is 0 Å². The molecule has 0 aliphatic carbocycles. The molecule has 0 radical (unpaired) electrons. The first-order chi connectivity index (χ1) is 4.81. The molecule has 0 aromatic heterocycles. The van der Waals surface area contributed by atoms with E-state index in [1.54, 1.807) is 18.8 Å². The first kappa shape index (κ1) is 10.1. The van der Waals surface area contributed by atoms with Gasteiger partial charge in [-0.1, -0.05) is 0 Å². The Labute approximate surface area is 70.7 Å². The van der Waals surface area contributed by atoms with E-state index in [2.05, 4.69) is 5.32 Å². The van der Waals surface area contributed by atoms with Gasteiger partial charge in [-0.25, -0.2) is 0 Å². The number of carbonyl (C=O) groups excluding carboxylic acids is 1. The average molecular weight is 182 g/mol. The van der Waals surface area contributed by atoms with Gasteiger partial charge in [0.15, 0.2) is 0 Å². The molecule has 1 N–H and O–H groups in total. The predicted molar refractivity (Wildman–Crippen MR) is 46.7 cm³/mol. The van der Waals surface area contributed by atoms with Crippen molar-refractivity contribution < 1.29 is 4.79 Å². The van der Waals surface area contributed by atoms with Crippen LogP contribution in [-0.4, -0.2) is 30.3 Å². The molecule has 0 atom stereocenters. The normalized spacial score (nSPS) is 9.40. The molecule has 0 aliphatic heterocycles. The number of carbonyl (C=O) groups is 1. The molecule has 0 rings (SSSR count). The summed E-state index contributed by atoms with van der Waals surface area (Å²) in [6.07, 6.45) is 0.595. The zero-order valence-electron chi connectivity index (χ0n) is 6.02. The molecule has 0 aromatic carbocycles. The second-order valence-electron chi connectivity index (χ2n) is 1.72. The molecule has 0 fully saturated rings. The van der Waals surface area contributed by atoms with Crippen molar-refractivity contribution in [3.05, 3.63) is 0 Å². The van der Waals surface area contributed by atoms with Gasteiger partial charge in [0.1, 0.15) is 0 Å². The summed E-state index contributed by atoms with van der Waals surface area (Å²) in [7, 11) is 1.65. The van der Waals surface area contributed by atoms with Gasteiger partial charge >= 0.3 is 0 Å². The second-order valence-corrected chi connectivity index (χ2v) is 3.33. The molecule has 2 nitrogen and oxygen atoms in total. The maximum Gasteiger partial charge on any atom is 0.220 e. The first-order valence-electron chi connectivity index (χ1n) is 3.15. The fraction of sp³-hybridized carbons (Fsp3) is 0.833. The molecule has 0 unspecified atom stereocenters. The van der Waals surface area contributed by atoms with Crippen LogP contribution in [0.25, 0.3) is 0 Å². The fourth-order valence-electron chi connectivity index (χ4n) is 0.446. The van der Waals surface area contributed by atoms with E-state index < -0.39 is 0 Å². The van der Waals surface area contributed by atoms with Crippen LogP contribution in [0.5, 0.6) is 0 Å². The number of alkyl halides is 1. The Morgan fingerprint density at radius 3 is 2.80 bits per heavy atom. The topological polar surface area (TPSA) is 29.1 Å². The van der Waals surface area contributed by atoms with Gasteiger partial charge in [-0.3, -0.25) is 4.79 Å². The number of nitrogens with one attached hydrogen (secondary N) is 1. The molecule has 10 heavy (non-hydrogen) atoms. The first-order valence-corrected chi connectivity index (χ1v) is 4.84. The molecule has 0 saturated carbocycles. The minimum atomic E-state index is 0.0991. The molecule has 1 amide bonds. The summed E-state index contributed by atoms with van der Waals surface area (Å²) in [5, 5.41) is 2.56. The predicted octanol–water partition coefficient (Wildman–Crippen LogP) is 1.09. The maximum atomic E-state index is 10.6. The molecule has 4 heteroatoms. The van der Waals surface area contributed by atoms with E-state index in [1.165, 1.54) is 0 Å². The van der Waals surface area contributed by atoms with Gasteiger partial charge in [-0.15, -0.1) is 11.6 Å². The fourth-order valence-corrected chi connectivity index (χ4v) is 1.42. The van der Waals surface area contributed by atoms with Gasteiger partial charge in [-0.05, 0) is 0 Å². The van der Waals surface area contributed by atoms with E-state index in [1.807, 2.05) is 0 Å². The Morgan fingerprint density at radius 1 is 1.60 bits per heavy atom. The standard InChI is InChI=1S/C6H12ClNOS/c1-8-6(9)2-4-10-5-3-7/h2-5H2,1H3,(H,8,9). The van der Waals surface area contributed by atoms with Crippen molar-refractivity contribution >= 4 is 29.3 Å². The van der Waals surface area contributed by atoms with Gasteiger partial charge in [0.25, 0.3) is 0 Å². The van der Waals surface area contributed by atoms with Crippen molar-refractivity contribution in [1.82, 2.24) is 5.32 Å². The molecular formula is C6H12ClNOS. The lowest BCUT2D eigenvalue weighted by molar-refractivity contribution is -0.120. The Kier molecular flexibility index (Phi) is 7.30. The van der Waals surface area contributed by atoms with Gasteiger partial charge < -0.3 is 5.32 Å². The largest absolute Gasteiger partial charge is 0.359 e. The SMILES string of the molecule is CNC(=O)CCSCCCl. The number of thioether (sulfide) groups is 1. The van der Waals surface area contributed by atoms with Crippen molar-refractivity contribution in [3.8, 4) is 0 Å². The highest BCUT2D eigenvalue weighted by Crippen LogP contribution is 2.01. The van der Waals surface area contributed by atoms with Crippen LogP contribution in [0, 0.1) is 0 Å². The van der Waals surface area contributed by atoms with E-state index in [0.717, 1.165) is 11.5 Å². The second kappa shape index (κ2) is 7.22. The molecule has 0 aromatic rings. The van der Waals surface area contributed by atoms with E-state index in [-0.39, 0.29) is 5.91 Å². The number of hydrogen-bond donors (Lipinski definition) is 1. The van der Waals surface area contributed by atoms with Crippen LogP contribution in [-0.2, 0) is 4.79 Å². The minimum absolute atomic E-state index is 0.0991. The Hall–Kier alpha value is 0.110. The summed E-state index contributed by atoms with van der Waals surface area (Å²) in [4.78, 5) is 10.6. The van der Waals surface area contributed by atoms with Crippen LogP contribution in [0.15, 0.2) is 0 Å². The lowest BCUT2D eigenvalue weighted by Crippen LogP contribution is -2.17. The van der Waals surface area contributed by atoms with Crippen molar-refractivity contribution in [2.24, 2.45) is 0 Å². The molecule has 0 heterocycles. The van der Waals surface area contributed by atoms with Crippen molar-refractivity contribution in [2.75, 3.05) is 24.4 Å². The van der Waals surface area contributed by atoms with Crippen molar-refractivity contribution in [1.29, 1.82) is 0 Å². The highest BCUT2D eigenvalue weighted by Gasteiger charge is 1.95. The maximum absolute atomic E-state index is 10.6. The molecule has 0 spiro atoms. The summed E-state index contributed by atoms with van der Waals surface area (Å²) >= 11 is 7.13. The highest BCUT2D eigenvalue weighted by atomic mass is 35.5. The van der Waals surface area contributed by atoms with E-state index >= 15 is 0 Å². The zero-order chi connectivity index (χ0) is 7.82. The molecular weight excluding hydrogens is 170 g/mol. The van der Waals surface area contributed by atoms with Crippen LogP contribution < -0.4 is 5.32 Å². The van der Waals surface area contributed by atoms with Crippen LogP contribution in [0.3, 0.4) is 0 Å². The number of rotatable bonds is 5. The minimum Gasteiger partial charge on any atom is -0.359 e. The van der Waals surface area contributed by atoms with Gasteiger partial charge in [0.2, 0.25) is 5.91 Å². The third kappa shape index (κ3) is 6.23. The lowest BCUT2D eigenvalue weighted by Gasteiger charge is -1.97. The Bertz CT molecular complexity index is 99.7. The molecule has 0 bridgehead atoms. The number of amides is 1. The summed E-state index contributed by atoms with van der Waals surface area (Å²) in [5.74, 6) is 2.56. The van der Waals surface area contributed by atoms with E-state index in [0.29, 0.717) is 12.3 Å². The van der Waals surface area contributed by atoms with Crippen LogP contribution in [0.4, 0.5) is 0 Å². The highest BCUT2D eigenvalue weighted by molar-refractivity contribution is 7.99. The zero-order valence-corrected chi connectivity index (χ0v) is 7.60. The smallest absolute Gasteiger partial charge is 0.220 e. The van der Waals surface area contributed by atoms with Crippen LogP contribution in [0.1, 0.15) is 6.42 Å². The molecule has 0 aliphatic rings. The summed E-state index contributed by atoms with van der Waals surface area (Å²) in [6, 6.07) is 0. The Balaban J connectivity index is 2.96. The van der Waals surface area contributed by atoms with Gasteiger partial charge in [0, 0.05) is 30.9 Å². The van der Waals surface area contributed by atoms with Crippen LogP contribution in [0.2, 0.25) is 0 Å². The van der Waals surface area contributed by atoms with E-state index in [9.17, 15) is 4.79 Å². The number of halogens is 1. The molecule has 60 valence electrons. The average Bonchev–Trinajstić information content (AvgIpc) is 1.98. The van der Waals surface area contributed by atoms with Crippen LogP contribution >= 0.6 is 23.4 Å².